The van der Waals surface area contributed by atoms with Gasteiger partial charge in [0.15, 0.2) is 0 Å². The van der Waals surface area contributed by atoms with Gasteiger partial charge < -0.3 is 19.2 Å². The van der Waals surface area contributed by atoms with Gasteiger partial charge >= 0.3 is 0 Å². The third-order valence-corrected chi connectivity index (χ3v) is 5.88. The van der Waals surface area contributed by atoms with Gasteiger partial charge in [-0.2, -0.15) is 0 Å². The largest absolute Gasteiger partial charge is 0.493 e. The first-order valence-corrected chi connectivity index (χ1v) is 12.2. The van der Waals surface area contributed by atoms with E-state index in [4.69, 9.17) is 13.9 Å². The smallest absolute Gasteiger partial charge is 0.244 e. The summed E-state index contributed by atoms with van der Waals surface area (Å²) >= 11 is 0. The molecule has 1 aromatic heterocycles. The first kappa shape index (κ1) is 24.6. The lowest BCUT2D eigenvalue weighted by atomic mass is 9.97. The van der Waals surface area contributed by atoms with E-state index in [0.29, 0.717) is 25.5 Å². The fourth-order valence-electron chi connectivity index (χ4n) is 4.15. The number of hydrogen-bond acceptors (Lipinski definition) is 4. The second kappa shape index (κ2) is 11.2. The molecule has 5 nitrogen and oxygen atoms in total. The standard InChI is InChI=1S/C30H33NO4/c1-5-33-28-18-29-26(17-25(28)21(4)15-30(32)31-13-8-14-34-20(2)3)27(19-35-29)24-12-11-22-9-6-7-10-23(22)16-24/h6-7,9-12,15-20H,5,8,13-14H2,1-4H3,(H,31,32)/b21-15+. The average molecular weight is 472 g/mol. The van der Waals surface area contributed by atoms with Crippen LogP contribution in [0.15, 0.2) is 71.4 Å². The first-order chi connectivity index (χ1) is 17.0. The second-order valence-electron chi connectivity index (χ2n) is 8.88. The molecule has 3 aromatic carbocycles. The van der Waals surface area contributed by atoms with E-state index < -0.39 is 0 Å². The summed E-state index contributed by atoms with van der Waals surface area (Å²) in [7, 11) is 0. The quantitative estimate of drug-likeness (QED) is 0.200. The van der Waals surface area contributed by atoms with Crippen LogP contribution >= 0.6 is 0 Å². The number of fused-ring (bicyclic) bond motifs is 2. The van der Waals surface area contributed by atoms with E-state index in [1.807, 2.05) is 45.9 Å². The predicted octanol–water partition coefficient (Wildman–Crippen LogP) is 6.99. The van der Waals surface area contributed by atoms with Crippen molar-refractivity contribution in [3.63, 3.8) is 0 Å². The number of carbonyl (C=O) groups excluding carboxylic acids is 1. The Morgan fingerprint density at radius 2 is 1.89 bits per heavy atom. The molecule has 0 atom stereocenters. The number of carbonyl (C=O) groups is 1. The summed E-state index contributed by atoms with van der Waals surface area (Å²) in [5.74, 6) is 0.572. The van der Waals surface area contributed by atoms with Crippen molar-refractivity contribution in [2.75, 3.05) is 19.8 Å². The van der Waals surface area contributed by atoms with Gasteiger partial charge in [0.25, 0.3) is 0 Å². The molecule has 1 amide bonds. The molecule has 0 spiro atoms. The molecular weight excluding hydrogens is 438 g/mol. The fourth-order valence-corrected chi connectivity index (χ4v) is 4.15. The van der Waals surface area contributed by atoms with Crippen LogP contribution < -0.4 is 10.1 Å². The van der Waals surface area contributed by atoms with Crippen molar-refractivity contribution in [2.45, 2.75) is 40.2 Å². The Hall–Kier alpha value is -3.57. The summed E-state index contributed by atoms with van der Waals surface area (Å²) in [5.41, 5.74) is 4.55. The normalized spacial score (nSPS) is 12.0. The number of ether oxygens (including phenoxy) is 2. The minimum absolute atomic E-state index is 0.128. The molecule has 0 saturated heterocycles. The van der Waals surface area contributed by atoms with Crippen LogP contribution in [0.3, 0.4) is 0 Å². The molecule has 0 aliphatic heterocycles. The summed E-state index contributed by atoms with van der Waals surface area (Å²) < 4.78 is 17.4. The highest BCUT2D eigenvalue weighted by molar-refractivity contribution is 6.01. The lowest BCUT2D eigenvalue weighted by Crippen LogP contribution is -2.23. The first-order valence-electron chi connectivity index (χ1n) is 12.2. The van der Waals surface area contributed by atoms with Gasteiger partial charge in [0.1, 0.15) is 11.3 Å². The lowest BCUT2D eigenvalue weighted by molar-refractivity contribution is -0.116. The molecule has 0 aliphatic rings. The van der Waals surface area contributed by atoms with Gasteiger partial charge in [-0.1, -0.05) is 36.4 Å². The molecule has 0 fully saturated rings. The SMILES string of the molecule is CCOc1cc2occ(-c3ccc4ccccc4c3)c2cc1/C(C)=C/C(=O)NCCCOC(C)C. The van der Waals surface area contributed by atoms with Crippen LogP contribution in [0.4, 0.5) is 0 Å². The fraction of sp³-hybridized carbons (Fsp3) is 0.300. The van der Waals surface area contributed by atoms with Gasteiger partial charge in [-0.15, -0.1) is 0 Å². The zero-order chi connectivity index (χ0) is 24.8. The van der Waals surface area contributed by atoms with Crippen molar-refractivity contribution in [2.24, 2.45) is 0 Å². The van der Waals surface area contributed by atoms with Gasteiger partial charge in [-0.3, -0.25) is 4.79 Å². The maximum absolute atomic E-state index is 12.5. The zero-order valence-corrected chi connectivity index (χ0v) is 20.9. The molecule has 35 heavy (non-hydrogen) atoms. The Labute approximate surface area is 206 Å². The van der Waals surface area contributed by atoms with Crippen molar-refractivity contribution in [1.29, 1.82) is 0 Å². The number of rotatable bonds is 10. The van der Waals surface area contributed by atoms with Crippen molar-refractivity contribution in [1.82, 2.24) is 5.32 Å². The number of hydrogen-bond donors (Lipinski definition) is 1. The monoisotopic (exact) mass is 471 g/mol. The van der Waals surface area contributed by atoms with E-state index >= 15 is 0 Å². The molecule has 0 radical (unpaired) electrons. The molecule has 0 saturated carbocycles. The number of amides is 1. The number of furan rings is 1. The minimum Gasteiger partial charge on any atom is -0.493 e. The van der Waals surface area contributed by atoms with E-state index in [1.165, 1.54) is 10.8 Å². The second-order valence-corrected chi connectivity index (χ2v) is 8.88. The molecule has 4 aromatic rings. The highest BCUT2D eigenvalue weighted by Crippen LogP contribution is 2.38. The molecule has 182 valence electrons. The summed E-state index contributed by atoms with van der Waals surface area (Å²) in [6, 6.07) is 18.7. The minimum atomic E-state index is -0.128. The number of allylic oxidation sites excluding steroid dienone is 1. The van der Waals surface area contributed by atoms with Crippen molar-refractivity contribution in [3.8, 4) is 16.9 Å². The summed E-state index contributed by atoms with van der Waals surface area (Å²) in [4.78, 5) is 12.5. The molecule has 5 heteroatoms. The number of nitrogens with one attached hydrogen (secondary N) is 1. The van der Waals surface area contributed by atoms with Crippen LogP contribution in [0, 0.1) is 0 Å². The summed E-state index contributed by atoms with van der Waals surface area (Å²) in [5, 5.41) is 6.30. The van der Waals surface area contributed by atoms with Crippen molar-refractivity contribution < 1.29 is 18.7 Å². The van der Waals surface area contributed by atoms with Crippen molar-refractivity contribution >= 4 is 33.2 Å². The molecule has 4 rings (SSSR count). The molecular formula is C30H33NO4. The van der Waals surface area contributed by atoms with Crippen LogP contribution in [-0.4, -0.2) is 31.8 Å². The van der Waals surface area contributed by atoms with E-state index in [1.54, 1.807) is 12.3 Å². The van der Waals surface area contributed by atoms with Crippen LogP contribution in [0.5, 0.6) is 5.75 Å². The van der Waals surface area contributed by atoms with Crippen LogP contribution in [-0.2, 0) is 9.53 Å². The van der Waals surface area contributed by atoms with Crippen LogP contribution in [0.1, 0.15) is 39.7 Å². The van der Waals surface area contributed by atoms with Gasteiger partial charge in [0.2, 0.25) is 5.91 Å². The maximum atomic E-state index is 12.5. The topological polar surface area (TPSA) is 60.7 Å². The van der Waals surface area contributed by atoms with E-state index in [0.717, 1.165) is 39.7 Å². The summed E-state index contributed by atoms with van der Waals surface area (Å²) in [6.45, 7) is 9.60. The molecule has 1 heterocycles. The highest BCUT2D eigenvalue weighted by atomic mass is 16.5. The van der Waals surface area contributed by atoms with E-state index in [-0.39, 0.29) is 12.0 Å². The average Bonchev–Trinajstić information content (AvgIpc) is 3.26. The Morgan fingerprint density at radius 3 is 2.66 bits per heavy atom. The summed E-state index contributed by atoms with van der Waals surface area (Å²) in [6.07, 6.45) is 4.39. The third-order valence-electron chi connectivity index (χ3n) is 5.88. The van der Waals surface area contributed by atoms with E-state index in [2.05, 4.69) is 41.7 Å². The van der Waals surface area contributed by atoms with Gasteiger partial charge in [-0.25, -0.2) is 0 Å². The lowest BCUT2D eigenvalue weighted by Gasteiger charge is -2.12. The van der Waals surface area contributed by atoms with Gasteiger partial charge in [0.05, 0.1) is 19.0 Å². The Balaban J connectivity index is 1.62. The van der Waals surface area contributed by atoms with Crippen LogP contribution in [0.25, 0.3) is 38.4 Å². The highest BCUT2D eigenvalue weighted by Gasteiger charge is 2.15. The van der Waals surface area contributed by atoms with Crippen molar-refractivity contribution in [3.05, 3.63) is 72.5 Å². The number of benzene rings is 3. The molecule has 0 aliphatic carbocycles. The molecule has 1 N–H and O–H groups in total. The van der Waals surface area contributed by atoms with Gasteiger partial charge in [-0.05, 0) is 68.2 Å². The molecule has 0 unspecified atom stereocenters. The third kappa shape index (κ3) is 5.92. The van der Waals surface area contributed by atoms with Crippen LogP contribution in [0.2, 0.25) is 0 Å². The van der Waals surface area contributed by atoms with E-state index in [9.17, 15) is 4.79 Å². The Kier molecular flexibility index (Phi) is 7.88. The predicted molar refractivity (Wildman–Crippen MR) is 143 cm³/mol. The maximum Gasteiger partial charge on any atom is 0.244 e. The molecule has 0 bridgehead atoms. The zero-order valence-electron chi connectivity index (χ0n) is 20.9. The van der Waals surface area contributed by atoms with Gasteiger partial charge in [0, 0.05) is 41.8 Å². The Bertz CT molecular complexity index is 1350. The Morgan fingerprint density at radius 1 is 1.09 bits per heavy atom.